The highest BCUT2D eigenvalue weighted by Crippen LogP contribution is 2.55. The van der Waals surface area contributed by atoms with Gasteiger partial charge in [-0.3, -0.25) is 23.4 Å². The largest absolute Gasteiger partial charge is 0.472 e. The molecule has 6 heterocycles. The summed E-state index contributed by atoms with van der Waals surface area (Å²) in [5.74, 6) is 0.631. The average molecular weight is 606 g/mol. The van der Waals surface area contributed by atoms with Gasteiger partial charge in [0.25, 0.3) is 5.56 Å². The smallest absolute Gasteiger partial charge is 0.394 e. The molecule has 18 nitrogen and oxygen atoms in total. The van der Waals surface area contributed by atoms with Crippen LogP contribution in [0.3, 0.4) is 0 Å². The van der Waals surface area contributed by atoms with Crippen molar-refractivity contribution < 1.29 is 38.2 Å². The Balaban J connectivity index is 1.08. The molecule has 4 aromatic rings. The fraction of sp³-hybridized carbons (Fsp3) is 0.522. The molecular weight excluding hydrogens is 577 g/mol. The van der Waals surface area contributed by atoms with Crippen LogP contribution in [-0.2, 0) is 23.1 Å². The standard InChI is InChI=1S/C23H28N9O9P/c24-18-10-1-2-31(19(10)27-7-26-18)14-4-9-3-11(9)13(39-14)6-38-42(36,37)41-17-16(34)12(5-33)40-22(17)32-8-28-15-20(32)29-23(25)30-21(15)35/h1-2,7-9,11-14,16-17,22,33-34H,3-6H2,(H,36,37)(H2,24,26,27)(H3,25,29,30,35)/t9?,11?,12-,13-,14-,16?,17?,22-/m1/s1. The van der Waals surface area contributed by atoms with Crippen LogP contribution in [0.2, 0.25) is 0 Å². The maximum Gasteiger partial charge on any atom is 0.472 e. The normalized spacial score (nSPS) is 32.3. The summed E-state index contributed by atoms with van der Waals surface area (Å²) in [6, 6.07) is 1.81. The molecule has 0 aromatic carbocycles. The third kappa shape index (κ3) is 4.65. The number of phosphoric ester groups is 1. The molecule has 1 aliphatic carbocycles. The monoisotopic (exact) mass is 605 g/mol. The van der Waals surface area contributed by atoms with Crippen molar-refractivity contribution in [2.24, 2.45) is 11.8 Å². The summed E-state index contributed by atoms with van der Waals surface area (Å²) in [6.45, 7) is -0.886. The molecule has 0 spiro atoms. The van der Waals surface area contributed by atoms with E-state index in [-0.39, 0.29) is 29.6 Å². The van der Waals surface area contributed by atoms with Crippen LogP contribution in [0.4, 0.5) is 11.8 Å². The second kappa shape index (κ2) is 10.1. The Hall–Kier alpha value is -3.48. The first kappa shape index (κ1) is 27.4. The molecule has 3 aliphatic rings. The maximum atomic E-state index is 13.2. The first-order chi connectivity index (χ1) is 20.1. The van der Waals surface area contributed by atoms with Crippen LogP contribution in [0.15, 0.2) is 29.7 Å². The van der Waals surface area contributed by atoms with E-state index in [1.54, 1.807) is 0 Å². The van der Waals surface area contributed by atoms with Crippen molar-refractivity contribution in [3.05, 3.63) is 35.3 Å². The summed E-state index contributed by atoms with van der Waals surface area (Å²) < 4.78 is 39.0. The molecule has 0 amide bonds. The number of aliphatic hydroxyl groups excluding tert-OH is 2. The van der Waals surface area contributed by atoms with E-state index in [9.17, 15) is 24.5 Å². The SMILES string of the molecule is Nc1nc2c(ncn2[C@@H]2O[C@H](CO)C(O)C2OP(=O)(O)OC[C@H]2O[C@@H](n3ccc4c(N)ncnc43)CC3CC32)c(=O)[nH]1. The summed E-state index contributed by atoms with van der Waals surface area (Å²) in [5, 5.41) is 21.2. The molecule has 3 fully saturated rings. The van der Waals surface area contributed by atoms with Gasteiger partial charge in [0, 0.05) is 6.20 Å². The second-order valence-corrected chi connectivity index (χ2v) is 12.0. The van der Waals surface area contributed by atoms with Gasteiger partial charge in [0.1, 0.15) is 42.3 Å². The lowest BCUT2D eigenvalue weighted by Crippen LogP contribution is -2.35. The van der Waals surface area contributed by atoms with Crippen LogP contribution in [-0.4, -0.2) is 86.8 Å². The minimum absolute atomic E-state index is 0.0136. The number of hydrogen-bond acceptors (Lipinski definition) is 14. The molecule has 9 atom stereocenters. The number of hydrogen-bond donors (Lipinski definition) is 6. The number of aliphatic hydroxyl groups is 2. The number of imidazole rings is 1. The summed E-state index contributed by atoms with van der Waals surface area (Å²) in [7, 11) is -4.83. The zero-order chi connectivity index (χ0) is 29.3. The number of aromatic amines is 1. The lowest BCUT2D eigenvalue weighted by atomic mass is 10.1. The van der Waals surface area contributed by atoms with E-state index in [1.807, 2.05) is 16.8 Å². The van der Waals surface area contributed by atoms with Gasteiger partial charge in [0.15, 0.2) is 17.4 Å². The van der Waals surface area contributed by atoms with Gasteiger partial charge >= 0.3 is 7.82 Å². The van der Waals surface area contributed by atoms with Crippen LogP contribution >= 0.6 is 7.82 Å². The van der Waals surface area contributed by atoms with Gasteiger partial charge in [-0.1, -0.05) is 0 Å². The second-order valence-electron chi connectivity index (χ2n) is 10.6. The number of H-pyrrole nitrogens is 1. The van der Waals surface area contributed by atoms with E-state index in [0.29, 0.717) is 22.8 Å². The minimum atomic E-state index is -4.83. The highest BCUT2D eigenvalue weighted by molar-refractivity contribution is 7.47. The topological polar surface area (TPSA) is 261 Å². The van der Waals surface area contributed by atoms with Crippen molar-refractivity contribution in [3.63, 3.8) is 0 Å². The first-order valence-electron chi connectivity index (χ1n) is 13.2. The Morgan fingerprint density at radius 3 is 2.79 bits per heavy atom. The Labute approximate surface area is 235 Å². The maximum absolute atomic E-state index is 13.2. The third-order valence-corrected chi connectivity index (χ3v) is 9.00. The van der Waals surface area contributed by atoms with Gasteiger partial charge in [0.2, 0.25) is 5.95 Å². The molecule has 4 aromatic heterocycles. The number of rotatable bonds is 8. The Kier molecular flexibility index (Phi) is 6.55. The number of phosphoric acid groups is 1. The van der Waals surface area contributed by atoms with Crippen molar-refractivity contribution >= 4 is 41.8 Å². The lowest BCUT2D eigenvalue weighted by Gasteiger charge is -2.31. The lowest BCUT2D eigenvalue weighted by molar-refractivity contribution is -0.112. The van der Waals surface area contributed by atoms with Crippen molar-refractivity contribution in [2.75, 3.05) is 24.7 Å². The van der Waals surface area contributed by atoms with Crippen LogP contribution in [0.1, 0.15) is 25.3 Å². The van der Waals surface area contributed by atoms with Crippen LogP contribution in [0.25, 0.3) is 22.2 Å². The number of nitrogens with zero attached hydrogens (tertiary/aromatic N) is 6. The van der Waals surface area contributed by atoms with Crippen molar-refractivity contribution in [2.45, 2.75) is 49.7 Å². The number of ether oxygens (including phenoxy) is 2. The van der Waals surface area contributed by atoms with Gasteiger partial charge in [-0.15, -0.1) is 0 Å². The van der Waals surface area contributed by atoms with Crippen LogP contribution in [0, 0.1) is 11.8 Å². The van der Waals surface area contributed by atoms with Gasteiger partial charge in [-0.2, -0.15) is 4.98 Å². The Morgan fingerprint density at radius 1 is 1.14 bits per heavy atom. The number of nitrogens with one attached hydrogen (secondary N) is 1. The molecule has 42 heavy (non-hydrogen) atoms. The number of fused-ring (bicyclic) bond motifs is 3. The fourth-order valence-electron chi connectivity index (χ4n) is 5.87. The van der Waals surface area contributed by atoms with E-state index >= 15 is 0 Å². The molecule has 5 unspecified atom stereocenters. The molecule has 1 saturated carbocycles. The summed E-state index contributed by atoms with van der Waals surface area (Å²) in [6.07, 6.45) is -0.465. The molecule has 0 bridgehead atoms. The predicted molar refractivity (Wildman–Crippen MR) is 142 cm³/mol. The number of anilines is 2. The number of aromatic nitrogens is 7. The molecular formula is C23H28N9O9P. The molecule has 19 heteroatoms. The first-order valence-corrected chi connectivity index (χ1v) is 14.7. The molecule has 0 radical (unpaired) electrons. The highest BCUT2D eigenvalue weighted by Gasteiger charge is 2.52. The summed E-state index contributed by atoms with van der Waals surface area (Å²) in [4.78, 5) is 41.6. The van der Waals surface area contributed by atoms with E-state index in [1.165, 1.54) is 17.2 Å². The predicted octanol–water partition coefficient (Wildman–Crippen LogP) is -0.595. The zero-order valence-corrected chi connectivity index (χ0v) is 22.7. The van der Waals surface area contributed by atoms with Crippen molar-refractivity contribution in [1.82, 2.24) is 34.1 Å². The Bertz CT molecular complexity index is 1760. The number of nitrogens with two attached hydrogens (primary N) is 2. The van der Waals surface area contributed by atoms with Crippen LogP contribution in [0.5, 0.6) is 0 Å². The van der Waals surface area contributed by atoms with Crippen molar-refractivity contribution in [1.29, 1.82) is 0 Å². The zero-order valence-electron chi connectivity index (χ0n) is 21.8. The fourth-order valence-corrected chi connectivity index (χ4v) is 6.80. The van der Waals surface area contributed by atoms with Crippen LogP contribution < -0.4 is 17.0 Å². The van der Waals surface area contributed by atoms with Crippen molar-refractivity contribution in [3.8, 4) is 0 Å². The quantitative estimate of drug-likeness (QED) is 0.137. The summed E-state index contributed by atoms with van der Waals surface area (Å²) in [5.41, 5.74) is 11.5. The van der Waals surface area contributed by atoms with Gasteiger partial charge in [0.05, 0.1) is 31.0 Å². The van der Waals surface area contributed by atoms with Gasteiger partial charge in [-0.25, -0.2) is 19.5 Å². The van der Waals surface area contributed by atoms with E-state index in [2.05, 4.69) is 24.9 Å². The van der Waals surface area contributed by atoms with E-state index < -0.39 is 56.9 Å². The van der Waals surface area contributed by atoms with E-state index in [4.69, 9.17) is 30.0 Å². The third-order valence-electron chi connectivity index (χ3n) is 8.02. The van der Waals surface area contributed by atoms with E-state index in [0.717, 1.165) is 12.8 Å². The number of nitrogen functional groups attached to an aromatic ring is 2. The van der Waals surface area contributed by atoms with Gasteiger partial charge < -0.3 is 40.6 Å². The molecule has 2 saturated heterocycles. The molecule has 7 rings (SSSR count). The minimum Gasteiger partial charge on any atom is -0.394 e. The summed E-state index contributed by atoms with van der Waals surface area (Å²) >= 11 is 0. The Morgan fingerprint density at radius 2 is 1.98 bits per heavy atom. The highest BCUT2D eigenvalue weighted by atomic mass is 31.2. The average Bonchev–Trinajstić information content (AvgIpc) is 3.26. The molecule has 8 N–H and O–H groups in total. The van der Waals surface area contributed by atoms with Gasteiger partial charge in [-0.05, 0) is 30.7 Å². The molecule has 2 aliphatic heterocycles. The molecule has 224 valence electrons.